The number of hydrogen-bond acceptors (Lipinski definition) is 3. The van der Waals surface area contributed by atoms with E-state index in [4.69, 9.17) is 0 Å². The Labute approximate surface area is 177 Å². The number of nitrogens with zero attached hydrogens (tertiary/aromatic N) is 1. The van der Waals surface area contributed by atoms with Gasteiger partial charge in [-0.3, -0.25) is 10.3 Å². The summed E-state index contributed by atoms with van der Waals surface area (Å²) in [6, 6.07) is 20.3. The number of aryl methyl sites for hydroxylation is 1. The molecule has 1 atom stereocenters. The summed E-state index contributed by atoms with van der Waals surface area (Å²) in [6.07, 6.45) is 3.62. The highest BCUT2D eigenvalue weighted by molar-refractivity contribution is 5.86. The molecule has 30 heavy (non-hydrogen) atoms. The maximum absolute atomic E-state index is 11.1. The van der Waals surface area contributed by atoms with Gasteiger partial charge in [-0.05, 0) is 41.7 Å². The fraction of sp³-hybridized carbons (Fsp3) is 0.231. The summed E-state index contributed by atoms with van der Waals surface area (Å²) >= 11 is 0. The molecule has 0 aliphatic heterocycles. The van der Waals surface area contributed by atoms with Crippen LogP contribution in [0.4, 0.5) is 5.82 Å². The van der Waals surface area contributed by atoms with Gasteiger partial charge in [-0.25, -0.2) is 4.98 Å². The molecule has 2 heterocycles. The van der Waals surface area contributed by atoms with Crippen LogP contribution < -0.4 is 10.3 Å². The molecule has 4 heteroatoms. The van der Waals surface area contributed by atoms with Gasteiger partial charge in [-0.1, -0.05) is 57.2 Å². The standard InChI is InChI=1S/C26H27N3O/c1-17-13-15-27-22(16-17)29-23(19-7-10-20(11-8-19)26(2,3)4)21-12-9-18-6-5-14-28-24(18)25(21)30/h5-16,23,30H,1-4H3,(H,27,29)/p+1/t23-/m1/s1. The smallest absolute Gasteiger partial charge is 0.273 e. The first-order chi connectivity index (χ1) is 14.3. The van der Waals surface area contributed by atoms with Gasteiger partial charge in [0.2, 0.25) is 0 Å². The Morgan fingerprint density at radius 2 is 1.77 bits per heavy atom. The molecular weight excluding hydrogens is 370 g/mol. The molecule has 2 aromatic heterocycles. The van der Waals surface area contributed by atoms with Crippen LogP contribution >= 0.6 is 0 Å². The molecule has 4 rings (SSSR count). The molecule has 0 aliphatic rings. The Morgan fingerprint density at radius 1 is 1.00 bits per heavy atom. The topological polar surface area (TPSA) is 59.3 Å². The van der Waals surface area contributed by atoms with Crippen LogP contribution in [0.3, 0.4) is 0 Å². The maximum Gasteiger partial charge on any atom is 0.273 e. The van der Waals surface area contributed by atoms with Crippen molar-refractivity contribution in [2.45, 2.75) is 39.2 Å². The molecule has 0 aliphatic carbocycles. The average Bonchev–Trinajstić information content (AvgIpc) is 2.72. The maximum atomic E-state index is 11.1. The zero-order valence-corrected chi connectivity index (χ0v) is 17.9. The van der Waals surface area contributed by atoms with E-state index in [1.54, 1.807) is 6.20 Å². The first-order valence-electron chi connectivity index (χ1n) is 10.2. The van der Waals surface area contributed by atoms with Crippen LogP contribution in [-0.4, -0.2) is 10.1 Å². The van der Waals surface area contributed by atoms with Gasteiger partial charge in [-0.15, -0.1) is 0 Å². The molecule has 4 nitrogen and oxygen atoms in total. The number of aromatic nitrogens is 2. The molecule has 0 unspecified atom stereocenters. The quantitative estimate of drug-likeness (QED) is 0.473. The second-order valence-electron chi connectivity index (χ2n) is 8.81. The van der Waals surface area contributed by atoms with Gasteiger partial charge in [0.15, 0.2) is 0 Å². The lowest BCUT2D eigenvalue weighted by Gasteiger charge is -2.21. The third-order valence-electron chi connectivity index (χ3n) is 5.46. The Morgan fingerprint density at radius 3 is 2.47 bits per heavy atom. The molecule has 0 saturated carbocycles. The van der Waals surface area contributed by atoms with E-state index in [2.05, 4.69) is 73.3 Å². The van der Waals surface area contributed by atoms with Crippen molar-refractivity contribution < 1.29 is 10.1 Å². The first-order valence-corrected chi connectivity index (χ1v) is 10.2. The summed E-state index contributed by atoms with van der Waals surface area (Å²) in [4.78, 5) is 7.66. The van der Waals surface area contributed by atoms with E-state index in [-0.39, 0.29) is 17.2 Å². The molecule has 3 N–H and O–H groups in total. The average molecular weight is 399 g/mol. The van der Waals surface area contributed by atoms with Gasteiger partial charge in [0.25, 0.3) is 5.82 Å². The molecule has 0 fully saturated rings. The first kappa shape index (κ1) is 19.9. The lowest BCUT2D eigenvalue weighted by molar-refractivity contribution is -0.361. The summed E-state index contributed by atoms with van der Waals surface area (Å²) in [5.74, 6) is 1.10. The van der Waals surface area contributed by atoms with Crippen LogP contribution in [0.1, 0.15) is 49.1 Å². The van der Waals surface area contributed by atoms with E-state index in [1.807, 2.05) is 36.5 Å². The molecule has 0 saturated heterocycles. The Balaban J connectivity index is 1.82. The number of phenols is 1. The number of phenolic OH excluding ortho intramolecular Hbond substituents is 1. The normalized spacial score (nSPS) is 12.7. The van der Waals surface area contributed by atoms with Crippen LogP contribution in [-0.2, 0) is 5.41 Å². The summed E-state index contributed by atoms with van der Waals surface area (Å²) in [5, 5.41) is 15.6. The number of aromatic amines is 1. The molecule has 152 valence electrons. The van der Waals surface area contributed by atoms with Crippen molar-refractivity contribution in [3.63, 3.8) is 0 Å². The van der Waals surface area contributed by atoms with Crippen LogP contribution in [0.2, 0.25) is 0 Å². The van der Waals surface area contributed by atoms with E-state index in [0.717, 1.165) is 27.9 Å². The fourth-order valence-corrected chi connectivity index (χ4v) is 3.71. The van der Waals surface area contributed by atoms with Crippen molar-refractivity contribution in [1.29, 1.82) is 0 Å². The summed E-state index contributed by atoms with van der Waals surface area (Å²) in [5.41, 5.74) is 4.99. The molecule has 0 bridgehead atoms. The summed E-state index contributed by atoms with van der Waals surface area (Å²) in [6.45, 7) is 8.68. The molecule has 0 radical (unpaired) electrons. The Bertz CT molecular complexity index is 1180. The van der Waals surface area contributed by atoms with Crippen molar-refractivity contribution in [3.05, 3.63) is 95.3 Å². The summed E-state index contributed by atoms with van der Waals surface area (Å²) < 4.78 is 0. The third kappa shape index (κ3) is 3.99. The number of anilines is 1. The van der Waals surface area contributed by atoms with Crippen LogP contribution in [0.25, 0.3) is 10.9 Å². The number of aromatic hydroxyl groups is 1. The number of H-pyrrole nitrogens is 1. The SMILES string of the molecule is Cc1cc[nH+]c(N[C@H](c2ccc(C(C)(C)C)cc2)c2ccc3cccnc3c2O)c1. The highest BCUT2D eigenvalue weighted by Crippen LogP contribution is 2.36. The Kier molecular flexibility index (Phi) is 5.17. The van der Waals surface area contributed by atoms with Gasteiger partial charge in [-0.2, -0.15) is 0 Å². The van der Waals surface area contributed by atoms with Crippen LogP contribution in [0, 0.1) is 6.92 Å². The summed E-state index contributed by atoms with van der Waals surface area (Å²) in [7, 11) is 0. The lowest BCUT2D eigenvalue weighted by Crippen LogP contribution is -2.19. The largest absolute Gasteiger partial charge is 0.505 e. The van der Waals surface area contributed by atoms with Crippen LogP contribution in [0.15, 0.2) is 73.1 Å². The van der Waals surface area contributed by atoms with Gasteiger partial charge in [0.1, 0.15) is 17.3 Å². The predicted molar refractivity (Wildman–Crippen MR) is 122 cm³/mol. The number of benzene rings is 2. The minimum Gasteiger partial charge on any atom is -0.505 e. The van der Waals surface area contributed by atoms with Gasteiger partial charge in [0, 0.05) is 28.8 Å². The molecule has 0 spiro atoms. The Hall–Kier alpha value is -3.40. The molecule has 2 aromatic carbocycles. The number of hydrogen-bond donors (Lipinski definition) is 2. The molecular formula is C26H28N3O+. The fourth-order valence-electron chi connectivity index (χ4n) is 3.71. The highest BCUT2D eigenvalue weighted by atomic mass is 16.3. The third-order valence-corrected chi connectivity index (χ3v) is 5.46. The van der Waals surface area contributed by atoms with E-state index < -0.39 is 0 Å². The minimum absolute atomic E-state index is 0.0841. The van der Waals surface area contributed by atoms with Crippen molar-refractivity contribution in [2.24, 2.45) is 0 Å². The van der Waals surface area contributed by atoms with Crippen molar-refractivity contribution >= 4 is 16.7 Å². The number of pyridine rings is 2. The predicted octanol–water partition coefficient (Wildman–Crippen LogP) is 5.56. The lowest BCUT2D eigenvalue weighted by atomic mass is 9.85. The molecule has 4 aromatic rings. The molecule has 0 amide bonds. The van der Waals surface area contributed by atoms with Gasteiger partial charge in [0.05, 0.1) is 6.20 Å². The van der Waals surface area contributed by atoms with Crippen molar-refractivity contribution in [2.75, 3.05) is 5.32 Å². The monoisotopic (exact) mass is 398 g/mol. The van der Waals surface area contributed by atoms with E-state index in [0.29, 0.717) is 5.52 Å². The van der Waals surface area contributed by atoms with Crippen LogP contribution in [0.5, 0.6) is 5.75 Å². The second-order valence-corrected chi connectivity index (χ2v) is 8.81. The zero-order valence-electron chi connectivity index (χ0n) is 17.9. The zero-order chi connectivity index (χ0) is 21.3. The van der Waals surface area contributed by atoms with Crippen molar-refractivity contribution in [3.8, 4) is 5.75 Å². The van der Waals surface area contributed by atoms with Crippen molar-refractivity contribution in [1.82, 2.24) is 4.98 Å². The van der Waals surface area contributed by atoms with Gasteiger partial charge < -0.3 is 5.11 Å². The number of nitrogens with one attached hydrogen (secondary N) is 2. The minimum atomic E-state index is -0.233. The van der Waals surface area contributed by atoms with E-state index in [1.165, 1.54) is 5.56 Å². The van der Waals surface area contributed by atoms with Gasteiger partial charge >= 0.3 is 0 Å². The van der Waals surface area contributed by atoms with E-state index >= 15 is 0 Å². The number of fused-ring (bicyclic) bond motifs is 1. The number of rotatable bonds is 4. The highest BCUT2D eigenvalue weighted by Gasteiger charge is 2.25. The second kappa shape index (κ2) is 7.79. The van der Waals surface area contributed by atoms with E-state index in [9.17, 15) is 5.11 Å².